The predicted molar refractivity (Wildman–Crippen MR) is 51.7 cm³/mol. The van der Waals surface area contributed by atoms with Gasteiger partial charge in [0.1, 0.15) is 5.01 Å². The number of aromatic nitrogens is 1. The van der Waals surface area contributed by atoms with Gasteiger partial charge in [-0.05, 0) is 6.92 Å². The van der Waals surface area contributed by atoms with Gasteiger partial charge in [-0.2, -0.15) is 0 Å². The second-order valence-corrected chi connectivity index (χ2v) is 4.62. The Hall–Kier alpha value is -0.900. The van der Waals surface area contributed by atoms with Crippen molar-refractivity contribution in [1.29, 1.82) is 0 Å². The van der Waals surface area contributed by atoms with Crippen molar-refractivity contribution in [2.75, 3.05) is 0 Å². The maximum absolute atomic E-state index is 11.2. The topological polar surface area (TPSA) is 42.0 Å². The third kappa shape index (κ3) is 1.25. The molecule has 1 amide bonds. The quantitative estimate of drug-likeness (QED) is 0.735. The third-order valence-electron chi connectivity index (χ3n) is 2.78. The van der Waals surface area contributed by atoms with Crippen LogP contribution in [-0.2, 0) is 10.2 Å². The second-order valence-electron chi connectivity index (χ2n) is 3.72. The Morgan fingerprint density at radius 3 is 3.00 bits per heavy atom. The number of nitrogens with zero attached hydrogens (tertiary/aromatic N) is 1. The van der Waals surface area contributed by atoms with Gasteiger partial charge in [-0.25, -0.2) is 4.98 Å². The fourth-order valence-corrected chi connectivity index (χ4v) is 2.60. The van der Waals surface area contributed by atoms with E-state index >= 15 is 0 Å². The highest BCUT2D eigenvalue weighted by Crippen LogP contribution is 2.36. The lowest BCUT2D eigenvalue weighted by molar-refractivity contribution is -0.119. The maximum Gasteiger partial charge on any atom is 0.221 e. The van der Waals surface area contributed by atoms with Crippen molar-refractivity contribution >= 4 is 17.2 Å². The van der Waals surface area contributed by atoms with Crippen molar-refractivity contribution in [1.82, 2.24) is 10.3 Å². The van der Waals surface area contributed by atoms with E-state index in [0.717, 1.165) is 5.01 Å². The summed E-state index contributed by atoms with van der Waals surface area (Å²) >= 11 is 1.62. The average molecular weight is 196 g/mol. The summed E-state index contributed by atoms with van der Waals surface area (Å²) in [7, 11) is 0. The van der Waals surface area contributed by atoms with Gasteiger partial charge >= 0.3 is 0 Å². The Labute approximate surface area is 81.2 Å². The zero-order chi connectivity index (χ0) is 9.47. The van der Waals surface area contributed by atoms with Crippen LogP contribution in [0.5, 0.6) is 0 Å². The lowest BCUT2D eigenvalue weighted by atomic mass is 9.84. The minimum atomic E-state index is -0.106. The van der Waals surface area contributed by atoms with Gasteiger partial charge in [0.25, 0.3) is 0 Å². The van der Waals surface area contributed by atoms with E-state index in [0.29, 0.717) is 6.42 Å². The molecule has 0 aliphatic carbocycles. The van der Waals surface area contributed by atoms with Crippen molar-refractivity contribution in [3.63, 3.8) is 0 Å². The molecule has 13 heavy (non-hydrogen) atoms. The summed E-state index contributed by atoms with van der Waals surface area (Å²) in [4.78, 5) is 15.5. The van der Waals surface area contributed by atoms with Crippen molar-refractivity contribution in [2.45, 2.75) is 31.7 Å². The normalized spacial score (nSPS) is 33.4. The van der Waals surface area contributed by atoms with Crippen LogP contribution < -0.4 is 5.32 Å². The molecule has 3 nitrogen and oxygen atoms in total. The molecule has 2 heterocycles. The van der Waals surface area contributed by atoms with Crippen LogP contribution in [0.15, 0.2) is 11.6 Å². The molecule has 1 saturated heterocycles. The van der Waals surface area contributed by atoms with Crippen LogP contribution in [0.2, 0.25) is 0 Å². The fraction of sp³-hybridized carbons (Fsp3) is 0.556. The Kier molecular flexibility index (Phi) is 1.87. The van der Waals surface area contributed by atoms with Crippen molar-refractivity contribution in [3.8, 4) is 0 Å². The highest BCUT2D eigenvalue weighted by molar-refractivity contribution is 7.09. The van der Waals surface area contributed by atoms with Crippen LogP contribution in [0.25, 0.3) is 0 Å². The first-order chi connectivity index (χ1) is 6.13. The molecule has 0 bridgehead atoms. The number of rotatable bonds is 1. The molecule has 1 aromatic heterocycles. The third-order valence-corrected chi connectivity index (χ3v) is 3.83. The van der Waals surface area contributed by atoms with E-state index in [1.807, 2.05) is 12.3 Å². The van der Waals surface area contributed by atoms with E-state index in [-0.39, 0.29) is 17.4 Å². The molecule has 2 unspecified atom stereocenters. The molecular formula is C9H12N2OS. The molecule has 1 aliphatic rings. The average Bonchev–Trinajstić information content (AvgIpc) is 2.61. The van der Waals surface area contributed by atoms with Gasteiger partial charge in [0.2, 0.25) is 5.91 Å². The van der Waals surface area contributed by atoms with Gasteiger partial charge in [0.05, 0.1) is 0 Å². The van der Waals surface area contributed by atoms with Gasteiger partial charge in [-0.1, -0.05) is 6.92 Å². The van der Waals surface area contributed by atoms with Crippen LogP contribution in [0, 0.1) is 0 Å². The first-order valence-corrected chi connectivity index (χ1v) is 5.20. The van der Waals surface area contributed by atoms with Crippen LogP contribution in [0.1, 0.15) is 25.3 Å². The second kappa shape index (κ2) is 2.80. The first-order valence-electron chi connectivity index (χ1n) is 4.32. The molecule has 4 heteroatoms. The molecule has 1 aromatic rings. The van der Waals surface area contributed by atoms with Gasteiger partial charge < -0.3 is 5.32 Å². The van der Waals surface area contributed by atoms with E-state index in [1.54, 1.807) is 17.5 Å². The summed E-state index contributed by atoms with van der Waals surface area (Å²) in [6, 6.07) is 0.186. The summed E-state index contributed by atoms with van der Waals surface area (Å²) in [5.41, 5.74) is -0.106. The summed E-state index contributed by atoms with van der Waals surface area (Å²) in [6.07, 6.45) is 2.35. The highest BCUT2D eigenvalue weighted by Gasteiger charge is 2.43. The minimum absolute atomic E-state index is 0.106. The standard InChI is InChI=1S/C9H12N2OS/c1-6-9(2,5-7(12)11-6)8-10-3-4-13-8/h3-4,6H,5H2,1-2H3,(H,11,12). The molecule has 0 radical (unpaired) electrons. The number of nitrogens with one attached hydrogen (secondary N) is 1. The number of hydrogen-bond donors (Lipinski definition) is 1. The summed E-state index contributed by atoms with van der Waals surface area (Å²) in [5.74, 6) is 0.130. The highest BCUT2D eigenvalue weighted by atomic mass is 32.1. The molecule has 0 saturated carbocycles. The molecule has 1 aliphatic heterocycles. The van der Waals surface area contributed by atoms with Gasteiger partial charge in [-0.15, -0.1) is 11.3 Å². The minimum Gasteiger partial charge on any atom is -0.353 e. The number of carbonyl (C=O) groups is 1. The summed E-state index contributed by atoms with van der Waals surface area (Å²) < 4.78 is 0. The van der Waals surface area contributed by atoms with E-state index in [1.165, 1.54) is 0 Å². The van der Waals surface area contributed by atoms with Crippen molar-refractivity contribution in [2.24, 2.45) is 0 Å². The maximum atomic E-state index is 11.2. The molecule has 1 N–H and O–H groups in total. The Balaban J connectivity index is 2.36. The largest absolute Gasteiger partial charge is 0.353 e. The molecule has 0 spiro atoms. The smallest absolute Gasteiger partial charge is 0.221 e. The lowest BCUT2D eigenvalue weighted by Gasteiger charge is -2.24. The Morgan fingerprint density at radius 2 is 2.54 bits per heavy atom. The van der Waals surface area contributed by atoms with E-state index < -0.39 is 0 Å². The molecule has 70 valence electrons. The van der Waals surface area contributed by atoms with Crippen molar-refractivity contribution in [3.05, 3.63) is 16.6 Å². The zero-order valence-corrected chi connectivity index (χ0v) is 8.52. The van der Waals surface area contributed by atoms with Gasteiger partial charge in [0.15, 0.2) is 0 Å². The summed E-state index contributed by atoms with van der Waals surface area (Å²) in [6.45, 7) is 4.13. The number of carbonyl (C=O) groups excluding carboxylic acids is 1. The van der Waals surface area contributed by atoms with Crippen LogP contribution >= 0.6 is 11.3 Å². The summed E-state index contributed by atoms with van der Waals surface area (Å²) in [5, 5.41) is 5.93. The molecule has 2 rings (SSSR count). The SMILES string of the molecule is CC1NC(=O)CC1(C)c1nccs1. The Bertz CT molecular complexity index is 322. The number of hydrogen-bond acceptors (Lipinski definition) is 3. The van der Waals surface area contributed by atoms with Gasteiger partial charge in [0, 0.05) is 29.5 Å². The van der Waals surface area contributed by atoms with E-state index in [4.69, 9.17) is 0 Å². The molecule has 0 aromatic carbocycles. The first kappa shape index (κ1) is 8.69. The predicted octanol–water partition coefficient (Wildman–Crippen LogP) is 1.31. The monoisotopic (exact) mass is 196 g/mol. The van der Waals surface area contributed by atoms with Crippen LogP contribution in [-0.4, -0.2) is 16.9 Å². The molecule has 1 fully saturated rings. The molecular weight excluding hydrogens is 184 g/mol. The van der Waals surface area contributed by atoms with Crippen molar-refractivity contribution < 1.29 is 4.79 Å². The molecule has 2 atom stereocenters. The number of amides is 1. The Morgan fingerprint density at radius 1 is 1.77 bits per heavy atom. The zero-order valence-electron chi connectivity index (χ0n) is 7.70. The van der Waals surface area contributed by atoms with Crippen LogP contribution in [0.4, 0.5) is 0 Å². The van der Waals surface area contributed by atoms with Gasteiger partial charge in [-0.3, -0.25) is 4.79 Å². The lowest BCUT2D eigenvalue weighted by Crippen LogP contribution is -2.35. The van der Waals surface area contributed by atoms with E-state index in [2.05, 4.69) is 17.2 Å². The number of thiazole rings is 1. The van der Waals surface area contributed by atoms with E-state index in [9.17, 15) is 4.79 Å². The van der Waals surface area contributed by atoms with Crippen LogP contribution in [0.3, 0.4) is 0 Å². The fourth-order valence-electron chi connectivity index (χ4n) is 1.70.